The van der Waals surface area contributed by atoms with Gasteiger partial charge in [0.2, 0.25) is 0 Å². The Morgan fingerprint density at radius 1 is 0.375 bits per heavy atom. The van der Waals surface area contributed by atoms with E-state index < -0.39 is 7.87 Å². The lowest BCUT2D eigenvalue weighted by atomic mass is 10.2. The van der Waals surface area contributed by atoms with Gasteiger partial charge in [-0.05, 0) is 76.2 Å². The molecule has 214 valence electrons. The molecule has 0 aliphatic rings. The maximum absolute atomic E-state index is 2.48. The Morgan fingerprint density at radius 2 is 0.525 bits per heavy atom. The Kier molecular flexibility index (Phi) is 13.8. The van der Waals surface area contributed by atoms with Crippen molar-refractivity contribution in [3.8, 4) is 0 Å². The normalized spacial score (nSPS) is 10.6. The van der Waals surface area contributed by atoms with Crippen LogP contribution in [0.2, 0.25) is 0 Å². The average Bonchev–Trinajstić information content (AvgIpc) is 2.95. The Hall–Kier alpha value is -1.30. The van der Waals surface area contributed by atoms with E-state index in [1.807, 2.05) is 0 Å². The monoisotopic (exact) mass is 892 g/mol. The SMILES string of the molecule is Cc1ccc(N(C)[P+](N(C)c2ccc(C)cc2)(N(C)c2ccc(C)cc2)N(C)c2ccc(C)cc2)cc1.II.[I-]. The van der Waals surface area contributed by atoms with E-state index in [0.29, 0.717) is 0 Å². The van der Waals surface area contributed by atoms with Crippen molar-refractivity contribution < 1.29 is 24.0 Å². The molecular weight excluding hydrogens is 852 g/mol. The van der Waals surface area contributed by atoms with Gasteiger partial charge in [-0.2, -0.15) is 18.7 Å². The molecule has 8 heteroatoms. The van der Waals surface area contributed by atoms with Gasteiger partial charge in [0.05, 0.1) is 22.7 Å². The van der Waals surface area contributed by atoms with Crippen molar-refractivity contribution in [2.45, 2.75) is 27.7 Å². The first-order chi connectivity index (χ1) is 18.6. The molecule has 4 nitrogen and oxygen atoms in total. The zero-order valence-electron chi connectivity index (χ0n) is 24.6. The van der Waals surface area contributed by atoms with Crippen LogP contribution in [0, 0.1) is 27.7 Å². The molecule has 0 heterocycles. The molecule has 0 fully saturated rings. The summed E-state index contributed by atoms with van der Waals surface area (Å²) in [5, 5.41) is 0. The van der Waals surface area contributed by atoms with E-state index in [2.05, 4.69) is 209 Å². The van der Waals surface area contributed by atoms with Gasteiger partial charge in [-0.25, -0.2) is 0 Å². The first-order valence-corrected chi connectivity index (χ1v) is 20.8. The van der Waals surface area contributed by atoms with Gasteiger partial charge in [0, 0.05) is 65.4 Å². The molecule has 0 unspecified atom stereocenters. The maximum atomic E-state index is 2.48. The zero-order chi connectivity index (χ0) is 28.7. The van der Waals surface area contributed by atoms with Crippen LogP contribution < -0.4 is 42.7 Å². The molecule has 0 aromatic heterocycles. The Labute approximate surface area is 283 Å². The van der Waals surface area contributed by atoms with Crippen molar-refractivity contribution in [3.63, 3.8) is 0 Å². The van der Waals surface area contributed by atoms with Crippen molar-refractivity contribution in [1.82, 2.24) is 0 Å². The lowest BCUT2D eigenvalue weighted by Gasteiger charge is -2.49. The number of aryl methyl sites for hydroxylation is 4. The van der Waals surface area contributed by atoms with Crippen LogP contribution in [0.5, 0.6) is 0 Å². The minimum Gasteiger partial charge on any atom is -1.00 e. The highest BCUT2D eigenvalue weighted by Gasteiger charge is 2.58. The summed E-state index contributed by atoms with van der Waals surface area (Å²) in [5.41, 5.74) is 9.73. The van der Waals surface area contributed by atoms with Crippen molar-refractivity contribution in [1.29, 1.82) is 0 Å². The minimum atomic E-state index is -2.48. The summed E-state index contributed by atoms with van der Waals surface area (Å²) in [7, 11) is 6.46. The molecule has 0 N–H and O–H groups in total. The van der Waals surface area contributed by atoms with Crippen LogP contribution in [-0.2, 0) is 0 Å². The topological polar surface area (TPSA) is 13.0 Å². The highest BCUT2D eigenvalue weighted by atomic mass is 128. The lowest BCUT2D eigenvalue weighted by molar-refractivity contribution is -0.00000786. The highest BCUT2D eigenvalue weighted by Crippen LogP contribution is 2.71. The first-order valence-electron chi connectivity index (χ1n) is 12.9. The van der Waals surface area contributed by atoms with Gasteiger partial charge in [0.1, 0.15) is 0 Å². The Bertz CT molecular complexity index is 1100. The van der Waals surface area contributed by atoms with E-state index >= 15 is 0 Å². The Balaban J connectivity index is 0.00000183. The van der Waals surface area contributed by atoms with Crippen molar-refractivity contribution in [3.05, 3.63) is 119 Å². The van der Waals surface area contributed by atoms with Crippen molar-refractivity contribution >= 4 is 67.8 Å². The molecule has 0 radical (unpaired) electrons. The van der Waals surface area contributed by atoms with Crippen LogP contribution in [-0.4, -0.2) is 28.2 Å². The largest absolute Gasteiger partial charge is 1.00 e. The molecule has 4 rings (SSSR count). The summed E-state index contributed by atoms with van der Waals surface area (Å²) in [4.78, 5) is 0. The fraction of sp³-hybridized carbons (Fsp3) is 0.250. The predicted molar refractivity (Wildman–Crippen MR) is 193 cm³/mol. The number of hydrogen-bond acceptors (Lipinski definition) is 4. The van der Waals surface area contributed by atoms with Gasteiger partial charge >= 0.3 is 7.87 Å². The van der Waals surface area contributed by atoms with Crippen molar-refractivity contribution in [2.75, 3.05) is 46.9 Å². The molecule has 0 saturated carbocycles. The fourth-order valence-corrected chi connectivity index (χ4v) is 9.06. The smallest absolute Gasteiger partial charge is 0.404 e. The van der Waals surface area contributed by atoms with Crippen LogP contribution in [0.25, 0.3) is 0 Å². The molecule has 0 amide bonds. The van der Waals surface area contributed by atoms with Gasteiger partial charge < -0.3 is 24.0 Å². The van der Waals surface area contributed by atoms with E-state index in [1.165, 1.54) is 45.0 Å². The van der Waals surface area contributed by atoms with Gasteiger partial charge in [0.15, 0.2) is 0 Å². The van der Waals surface area contributed by atoms with E-state index in [4.69, 9.17) is 0 Å². The Morgan fingerprint density at radius 3 is 0.675 bits per heavy atom. The zero-order valence-corrected chi connectivity index (χ0v) is 32.0. The average molecular weight is 892 g/mol. The summed E-state index contributed by atoms with van der Waals surface area (Å²) in [6.07, 6.45) is 0. The third-order valence-corrected chi connectivity index (χ3v) is 11.4. The third kappa shape index (κ3) is 7.55. The summed E-state index contributed by atoms with van der Waals surface area (Å²) < 4.78 is 9.91. The van der Waals surface area contributed by atoms with E-state index in [0.717, 1.165) is 0 Å². The number of rotatable bonds is 8. The van der Waals surface area contributed by atoms with Crippen LogP contribution in [0.1, 0.15) is 22.3 Å². The molecule has 0 saturated heterocycles. The number of halogens is 3. The summed E-state index contributed by atoms with van der Waals surface area (Å²) >= 11 is 4.24. The molecule has 0 aliphatic carbocycles. The maximum Gasteiger partial charge on any atom is 0.404 e. The third-order valence-electron chi connectivity index (χ3n) is 7.24. The second-order valence-corrected chi connectivity index (χ2v) is 13.4. The molecule has 0 atom stereocenters. The molecule has 4 aromatic rings. The second-order valence-electron chi connectivity index (χ2n) is 9.97. The van der Waals surface area contributed by atoms with Gasteiger partial charge in [-0.15, -0.1) is 0 Å². The first kappa shape index (κ1) is 34.9. The van der Waals surface area contributed by atoms with Crippen molar-refractivity contribution in [2.24, 2.45) is 0 Å². The highest BCUT2D eigenvalue weighted by molar-refractivity contribution is 15.0. The van der Waals surface area contributed by atoms with Gasteiger partial charge in [-0.1, -0.05) is 70.8 Å². The molecule has 0 spiro atoms. The number of hydrogen-bond donors (Lipinski definition) is 0. The van der Waals surface area contributed by atoms with Crippen LogP contribution >= 0.6 is 45.1 Å². The molecule has 0 bridgehead atoms. The van der Waals surface area contributed by atoms with E-state index in [-0.39, 0.29) is 24.0 Å². The quantitative estimate of drug-likeness (QED) is 0.137. The molecule has 4 aromatic carbocycles. The summed E-state index contributed by atoms with van der Waals surface area (Å²) in [6, 6.07) is 35.5. The van der Waals surface area contributed by atoms with Crippen LogP contribution in [0.15, 0.2) is 97.1 Å². The fourth-order valence-electron chi connectivity index (χ4n) is 4.87. The second kappa shape index (κ2) is 15.8. The predicted octanol–water partition coefficient (Wildman–Crippen LogP) is 7.22. The van der Waals surface area contributed by atoms with Gasteiger partial charge in [0.25, 0.3) is 0 Å². The summed E-state index contributed by atoms with van der Waals surface area (Å²) in [5.74, 6) is 0. The van der Waals surface area contributed by atoms with E-state index in [1.54, 1.807) is 0 Å². The standard InChI is InChI=1S/C32H40N4P.I2.HI/c1-25-9-17-29(18-10-25)33(5)37(34(6)30-19-11-26(2)12-20-30,35(7)31-21-13-27(3)14-22-31)36(8)32-23-15-28(4)16-24-32;1-2;/h9-24H,1-8H3;;1H/q+1;;/p-1. The summed E-state index contributed by atoms with van der Waals surface area (Å²) in [6.45, 7) is 8.56. The van der Waals surface area contributed by atoms with Crippen LogP contribution in [0.3, 0.4) is 0 Å². The number of anilines is 4. The van der Waals surface area contributed by atoms with E-state index in [9.17, 15) is 0 Å². The molecule has 0 aliphatic heterocycles. The van der Waals surface area contributed by atoms with Gasteiger partial charge in [-0.3, -0.25) is 0 Å². The number of nitrogens with zero attached hydrogens (tertiary/aromatic N) is 4. The number of benzene rings is 4. The lowest BCUT2D eigenvalue weighted by Crippen LogP contribution is -3.00. The minimum absolute atomic E-state index is 0. The van der Waals surface area contributed by atoms with Crippen LogP contribution in [0.4, 0.5) is 22.7 Å². The molecule has 40 heavy (non-hydrogen) atoms. The molecular formula is C32H40I3N4P.